The standard InChI is InChI=1S/C19H20F3N3OS/c20-19(21,22)27-17-16(7-4-9-23-17)18(26)25-13-11-24(12-14-25)10-8-15-5-2-1-3-6-15/h1-7,9H,8,10-14H2. The molecule has 4 nitrogen and oxygen atoms in total. The highest BCUT2D eigenvalue weighted by Crippen LogP contribution is 2.37. The van der Waals surface area contributed by atoms with Gasteiger partial charge in [0.25, 0.3) is 5.91 Å². The summed E-state index contributed by atoms with van der Waals surface area (Å²) in [5.41, 5.74) is -3.20. The SMILES string of the molecule is O=C(c1cccnc1SC(F)(F)F)N1CCN(CCc2ccccc2)CC1. The van der Waals surface area contributed by atoms with E-state index in [1.54, 1.807) is 4.90 Å². The number of piperazine rings is 1. The van der Waals surface area contributed by atoms with Crippen molar-refractivity contribution >= 4 is 17.7 Å². The van der Waals surface area contributed by atoms with Crippen molar-refractivity contribution in [2.24, 2.45) is 0 Å². The summed E-state index contributed by atoms with van der Waals surface area (Å²) in [6.45, 7) is 3.31. The summed E-state index contributed by atoms with van der Waals surface area (Å²) < 4.78 is 38.1. The van der Waals surface area contributed by atoms with E-state index < -0.39 is 11.4 Å². The van der Waals surface area contributed by atoms with E-state index >= 15 is 0 Å². The van der Waals surface area contributed by atoms with Crippen LogP contribution in [-0.2, 0) is 6.42 Å². The minimum atomic E-state index is -4.47. The van der Waals surface area contributed by atoms with Crippen molar-refractivity contribution in [2.75, 3.05) is 32.7 Å². The first-order chi connectivity index (χ1) is 12.9. The van der Waals surface area contributed by atoms with Crippen LogP contribution < -0.4 is 0 Å². The van der Waals surface area contributed by atoms with Crippen LogP contribution in [0.2, 0.25) is 0 Å². The normalized spacial score (nSPS) is 15.7. The fourth-order valence-corrected chi connectivity index (χ4v) is 3.62. The maximum absolute atomic E-state index is 12.7. The molecule has 144 valence electrons. The van der Waals surface area contributed by atoms with Crippen LogP contribution in [0.25, 0.3) is 0 Å². The van der Waals surface area contributed by atoms with E-state index in [2.05, 4.69) is 22.0 Å². The van der Waals surface area contributed by atoms with Crippen molar-refractivity contribution < 1.29 is 18.0 Å². The molecule has 0 unspecified atom stereocenters. The molecule has 1 fully saturated rings. The maximum atomic E-state index is 12.7. The van der Waals surface area contributed by atoms with Crippen LogP contribution in [0.4, 0.5) is 13.2 Å². The molecular weight excluding hydrogens is 375 g/mol. The molecule has 2 aromatic rings. The largest absolute Gasteiger partial charge is 0.447 e. The molecule has 1 aromatic carbocycles. The molecule has 0 N–H and O–H groups in total. The summed E-state index contributed by atoms with van der Waals surface area (Å²) >= 11 is -0.343. The van der Waals surface area contributed by atoms with Gasteiger partial charge in [0, 0.05) is 50.7 Å². The van der Waals surface area contributed by atoms with Crippen molar-refractivity contribution in [3.63, 3.8) is 0 Å². The predicted octanol–water partition coefficient (Wildman–Crippen LogP) is 3.69. The number of hydrogen-bond acceptors (Lipinski definition) is 4. The Morgan fingerprint density at radius 3 is 2.41 bits per heavy atom. The van der Waals surface area contributed by atoms with Gasteiger partial charge in [0.05, 0.1) is 5.56 Å². The third-order valence-corrected chi connectivity index (χ3v) is 5.18. The average molecular weight is 395 g/mol. The van der Waals surface area contributed by atoms with Gasteiger partial charge in [-0.25, -0.2) is 4.98 Å². The number of nitrogens with zero attached hydrogens (tertiary/aromatic N) is 3. The van der Waals surface area contributed by atoms with Crippen LogP contribution in [0.3, 0.4) is 0 Å². The number of thioether (sulfide) groups is 1. The summed E-state index contributed by atoms with van der Waals surface area (Å²) in [6.07, 6.45) is 2.20. The number of amides is 1. The van der Waals surface area contributed by atoms with E-state index in [0.717, 1.165) is 13.0 Å². The number of rotatable bonds is 5. The Kier molecular flexibility index (Phi) is 6.38. The molecule has 8 heteroatoms. The molecule has 0 bridgehead atoms. The lowest BCUT2D eigenvalue weighted by Gasteiger charge is -2.35. The van der Waals surface area contributed by atoms with Crippen LogP contribution in [0.5, 0.6) is 0 Å². The lowest BCUT2D eigenvalue weighted by atomic mass is 10.1. The smallest absolute Gasteiger partial charge is 0.336 e. The lowest BCUT2D eigenvalue weighted by Crippen LogP contribution is -2.49. The summed E-state index contributed by atoms with van der Waals surface area (Å²) in [6, 6.07) is 13.1. The zero-order valence-corrected chi connectivity index (χ0v) is 15.5. The lowest BCUT2D eigenvalue weighted by molar-refractivity contribution is -0.0329. The number of halogens is 3. The first-order valence-corrected chi connectivity index (χ1v) is 9.50. The Bertz CT molecular complexity index is 762. The van der Waals surface area contributed by atoms with E-state index in [1.807, 2.05) is 18.2 Å². The quantitative estimate of drug-likeness (QED) is 0.724. The van der Waals surface area contributed by atoms with Gasteiger partial charge < -0.3 is 4.90 Å². The van der Waals surface area contributed by atoms with Gasteiger partial charge in [0.1, 0.15) is 5.03 Å². The number of carbonyl (C=O) groups excluding carboxylic acids is 1. The van der Waals surface area contributed by atoms with Crippen molar-refractivity contribution in [1.29, 1.82) is 0 Å². The zero-order chi connectivity index (χ0) is 19.3. The second-order valence-electron chi connectivity index (χ2n) is 6.27. The molecule has 1 aliphatic heterocycles. The highest BCUT2D eigenvalue weighted by Gasteiger charge is 2.33. The summed E-state index contributed by atoms with van der Waals surface area (Å²) in [4.78, 5) is 20.3. The van der Waals surface area contributed by atoms with Gasteiger partial charge in [0.15, 0.2) is 0 Å². The minimum absolute atomic E-state index is 0.0116. The molecule has 2 heterocycles. The third-order valence-electron chi connectivity index (χ3n) is 4.43. The first-order valence-electron chi connectivity index (χ1n) is 8.69. The van der Waals surface area contributed by atoms with E-state index in [4.69, 9.17) is 0 Å². The Balaban J connectivity index is 1.56. The van der Waals surface area contributed by atoms with Crippen molar-refractivity contribution in [3.8, 4) is 0 Å². The molecule has 0 atom stereocenters. The fraction of sp³-hybridized carbons (Fsp3) is 0.368. The number of carbonyl (C=O) groups is 1. The van der Waals surface area contributed by atoms with Crippen LogP contribution in [-0.4, -0.2) is 58.9 Å². The maximum Gasteiger partial charge on any atom is 0.447 e. The van der Waals surface area contributed by atoms with E-state index in [9.17, 15) is 18.0 Å². The monoisotopic (exact) mass is 395 g/mol. The molecule has 0 aliphatic carbocycles. The molecule has 0 radical (unpaired) electrons. The van der Waals surface area contributed by atoms with Crippen LogP contribution in [0.1, 0.15) is 15.9 Å². The van der Waals surface area contributed by atoms with Crippen LogP contribution in [0.15, 0.2) is 53.7 Å². The van der Waals surface area contributed by atoms with Gasteiger partial charge >= 0.3 is 5.51 Å². The Labute approximate surface area is 160 Å². The predicted molar refractivity (Wildman–Crippen MR) is 98.6 cm³/mol. The highest BCUT2D eigenvalue weighted by molar-refractivity contribution is 8.00. The van der Waals surface area contributed by atoms with Gasteiger partial charge in [-0.2, -0.15) is 13.2 Å². The second kappa shape index (κ2) is 8.75. The van der Waals surface area contributed by atoms with E-state index in [-0.39, 0.29) is 22.4 Å². The second-order valence-corrected chi connectivity index (χ2v) is 7.33. The topological polar surface area (TPSA) is 36.4 Å². The molecule has 1 aliphatic rings. The summed E-state index contributed by atoms with van der Waals surface area (Å²) in [5.74, 6) is -0.391. The van der Waals surface area contributed by atoms with Crippen molar-refractivity contribution in [3.05, 3.63) is 59.8 Å². The minimum Gasteiger partial charge on any atom is -0.336 e. The van der Waals surface area contributed by atoms with Gasteiger partial charge in [-0.3, -0.25) is 9.69 Å². The molecule has 1 amide bonds. The molecule has 1 saturated heterocycles. The van der Waals surface area contributed by atoms with Crippen molar-refractivity contribution in [2.45, 2.75) is 17.0 Å². The number of aromatic nitrogens is 1. The average Bonchev–Trinajstić information content (AvgIpc) is 2.66. The third kappa shape index (κ3) is 5.71. The number of hydrogen-bond donors (Lipinski definition) is 0. The fourth-order valence-electron chi connectivity index (χ4n) is 3.02. The van der Waals surface area contributed by atoms with Gasteiger partial charge in [0.2, 0.25) is 0 Å². The van der Waals surface area contributed by atoms with Gasteiger partial charge in [-0.05, 0) is 24.1 Å². The number of benzene rings is 1. The van der Waals surface area contributed by atoms with Gasteiger partial charge in [-0.1, -0.05) is 30.3 Å². The molecule has 0 spiro atoms. The van der Waals surface area contributed by atoms with Gasteiger partial charge in [-0.15, -0.1) is 0 Å². The Morgan fingerprint density at radius 1 is 1.04 bits per heavy atom. The molecule has 3 rings (SSSR count). The highest BCUT2D eigenvalue weighted by atomic mass is 32.2. The Morgan fingerprint density at radius 2 is 1.74 bits per heavy atom. The molecule has 0 saturated carbocycles. The van der Waals surface area contributed by atoms with Crippen LogP contribution in [0, 0.1) is 0 Å². The summed E-state index contributed by atoms with van der Waals surface area (Å²) in [5, 5.41) is -0.290. The van der Waals surface area contributed by atoms with E-state index in [0.29, 0.717) is 26.2 Å². The van der Waals surface area contributed by atoms with E-state index in [1.165, 1.54) is 23.9 Å². The summed E-state index contributed by atoms with van der Waals surface area (Å²) in [7, 11) is 0. The molecule has 27 heavy (non-hydrogen) atoms. The zero-order valence-electron chi connectivity index (χ0n) is 14.7. The number of alkyl halides is 3. The van der Waals surface area contributed by atoms with Crippen molar-refractivity contribution in [1.82, 2.24) is 14.8 Å². The molecule has 1 aromatic heterocycles. The van der Waals surface area contributed by atoms with Crippen LogP contribution >= 0.6 is 11.8 Å². The Hall–Kier alpha value is -2.06. The molecular formula is C19H20F3N3OS. The number of pyridine rings is 1. The first kappa shape index (κ1) is 19.7.